The third-order valence-corrected chi connectivity index (χ3v) is 3.48. The molecule has 2 rings (SSSR count). The Bertz CT molecular complexity index is 499. The lowest BCUT2D eigenvalue weighted by atomic mass is 9.97. The summed E-state index contributed by atoms with van der Waals surface area (Å²) in [5, 5.41) is 6.08. The van der Waals surface area contributed by atoms with Gasteiger partial charge in [-0.25, -0.2) is 0 Å². The van der Waals surface area contributed by atoms with Gasteiger partial charge in [0.25, 0.3) is 0 Å². The molecule has 0 aliphatic carbocycles. The third-order valence-electron chi connectivity index (χ3n) is 3.48. The van der Waals surface area contributed by atoms with Crippen molar-refractivity contribution in [3.05, 3.63) is 29.3 Å². The van der Waals surface area contributed by atoms with Gasteiger partial charge in [-0.05, 0) is 50.6 Å². The second-order valence-corrected chi connectivity index (χ2v) is 4.91. The van der Waals surface area contributed by atoms with Crippen molar-refractivity contribution in [3.8, 4) is 0 Å². The molecule has 0 atom stereocenters. The van der Waals surface area contributed by atoms with E-state index in [2.05, 4.69) is 10.6 Å². The Balaban J connectivity index is 0.00000200. The number of aryl methyl sites for hydroxylation is 1. The molecular weight excluding hydrogens is 278 g/mol. The fraction of sp³-hybridized carbons (Fsp3) is 0.429. The highest BCUT2D eigenvalue weighted by Crippen LogP contribution is 2.18. The van der Waals surface area contributed by atoms with E-state index < -0.39 is 5.91 Å². The Morgan fingerprint density at radius 3 is 2.55 bits per heavy atom. The first-order valence-corrected chi connectivity index (χ1v) is 6.50. The van der Waals surface area contributed by atoms with E-state index in [0.29, 0.717) is 11.3 Å². The summed E-state index contributed by atoms with van der Waals surface area (Å²) in [4.78, 5) is 23.3. The van der Waals surface area contributed by atoms with Crippen molar-refractivity contribution < 1.29 is 9.59 Å². The molecule has 110 valence electrons. The number of anilines is 1. The smallest absolute Gasteiger partial charge is 0.249 e. The van der Waals surface area contributed by atoms with Crippen molar-refractivity contribution in [2.24, 2.45) is 11.7 Å². The van der Waals surface area contributed by atoms with Gasteiger partial charge in [0.1, 0.15) is 0 Å². The van der Waals surface area contributed by atoms with Crippen LogP contribution < -0.4 is 16.4 Å². The van der Waals surface area contributed by atoms with Crippen LogP contribution in [0.5, 0.6) is 0 Å². The summed E-state index contributed by atoms with van der Waals surface area (Å²) in [5.41, 5.74) is 7.18. The standard InChI is InChI=1S/C14H19N3O2.ClH/c1-9-2-3-11(8-12(9)13(15)18)17-14(19)10-4-6-16-7-5-10;/h2-3,8,10,16H,4-7H2,1H3,(H2,15,18)(H,17,19);1H. The number of carbonyl (C=O) groups excluding carboxylic acids is 2. The van der Waals surface area contributed by atoms with E-state index >= 15 is 0 Å². The van der Waals surface area contributed by atoms with E-state index in [0.717, 1.165) is 31.5 Å². The lowest BCUT2D eigenvalue weighted by molar-refractivity contribution is -0.120. The zero-order chi connectivity index (χ0) is 13.8. The lowest BCUT2D eigenvalue weighted by Gasteiger charge is -2.21. The molecule has 0 bridgehead atoms. The molecule has 4 N–H and O–H groups in total. The van der Waals surface area contributed by atoms with Crippen molar-refractivity contribution in [1.29, 1.82) is 0 Å². The monoisotopic (exact) mass is 297 g/mol. The molecule has 1 aromatic carbocycles. The number of primary amides is 1. The van der Waals surface area contributed by atoms with E-state index in [-0.39, 0.29) is 24.2 Å². The molecule has 0 saturated carbocycles. The molecule has 20 heavy (non-hydrogen) atoms. The van der Waals surface area contributed by atoms with Crippen LogP contribution in [-0.2, 0) is 4.79 Å². The summed E-state index contributed by atoms with van der Waals surface area (Å²) in [6.45, 7) is 3.57. The van der Waals surface area contributed by atoms with Gasteiger partial charge >= 0.3 is 0 Å². The number of halogens is 1. The SMILES string of the molecule is Cc1ccc(NC(=O)C2CCNCC2)cc1C(N)=O.Cl. The maximum absolute atomic E-state index is 12.1. The Hall–Kier alpha value is -1.59. The number of hydrogen-bond donors (Lipinski definition) is 3. The van der Waals surface area contributed by atoms with Gasteiger partial charge in [0.15, 0.2) is 0 Å². The van der Waals surface area contributed by atoms with Crippen LogP contribution in [0.1, 0.15) is 28.8 Å². The number of nitrogens with two attached hydrogens (primary N) is 1. The van der Waals surface area contributed by atoms with E-state index in [1.54, 1.807) is 18.2 Å². The summed E-state index contributed by atoms with van der Waals surface area (Å²) < 4.78 is 0. The van der Waals surface area contributed by atoms with Crippen molar-refractivity contribution in [2.45, 2.75) is 19.8 Å². The molecule has 1 aliphatic heterocycles. The molecule has 6 heteroatoms. The average molecular weight is 298 g/mol. The van der Waals surface area contributed by atoms with Crippen LogP contribution in [0, 0.1) is 12.8 Å². The fourth-order valence-electron chi connectivity index (χ4n) is 2.29. The minimum Gasteiger partial charge on any atom is -0.366 e. The van der Waals surface area contributed by atoms with Gasteiger partial charge in [-0.3, -0.25) is 9.59 Å². The van der Waals surface area contributed by atoms with Gasteiger partial charge in [-0.2, -0.15) is 0 Å². The molecule has 1 aromatic rings. The van der Waals surface area contributed by atoms with Crippen LogP contribution in [0.2, 0.25) is 0 Å². The molecule has 2 amide bonds. The summed E-state index contributed by atoms with van der Waals surface area (Å²) >= 11 is 0. The summed E-state index contributed by atoms with van der Waals surface area (Å²) in [6.07, 6.45) is 1.70. The van der Waals surface area contributed by atoms with Crippen molar-refractivity contribution in [2.75, 3.05) is 18.4 Å². The summed E-state index contributed by atoms with van der Waals surface area (Å²) in [7, 11) is 0. The molecule has 1 saturated heterocycles. The molecule has 0 radical (unpaired) electrons. The molecule has 1 aliphatic rings. The highest BCUT2D eigenvalue weighted by atomic mass is 35.5. The Kier molecular flexibility index (Phi) is 5.98. The molecule has 0 unspecified atom stereocenters. The van der Waals surface area contributed by atoms with Gasteiger partial charge < -0.3 is 16.4 Å². The predicted molar refractivity (Wildman–Crippen MR) is 81.2 cm³/mol. The third kappa shape index (κ3) is 3.95. The van der Waals surface area contributed by atoms with Crippen LogP contribution in [0.25, 0.3) is 0 Å². The average Bonchev–Trinajstić information content (AvgIpc) is 2.41. The quantitative estimate of drug-likeness (QED) is 0.789. The van der Waals surface area contributed by atoms with Crippen molar-refractivity contribution in [3.63, 3.8) is 0 Å². The maximum Gasteiger partial charge on any atom is 0.249 e. The Morgan fingerprint density at radius 1 is 1.30 bits per heavy atom. The number of rotatable bonds is 3. The van der Waals surface area contributed by atoms with Crippen LogP contribution in [-0.4, -0.2) is 24.9 Å². The minimum atomic E-state index is -0.476. The number of amides is 2. The van der Waals surface area contributed by atoms with Crippen LogP contribution in [0.3, 0.4) is 0 Å². The Morgan fingerprint density at radius 2 is 1.95 bits per heavy atom. The van der Waals surface area contributed by atoms with Gasteiger partial charge in [0.05, 0.1) is 0 Å². The second-order valence-electron chi connectivity index (χ2n) is 4.91. The minimum absolute atomic E-state index is 0. The molecule has 0 spiro atoms. The zero-order valence-corrected chi connectivity index (χ0v) is 12.3. The first-order chi connectivity index (χ1) is 9.08. The van der Waals surface area contributed by atoms with Crippen LogP contribution in [0.15, 0.2) is 18.2 Å². The van der Waals surface area contributed by atoms with Gasteiger partial charge in [0.2, 0.25) is 11.8 Å². The van der Waals surface area contributed by atoms with Crippen molar-refractivity contribution >= 4 is 29.9 Å². The molecule has 0 aromatic heterocycles. The number of piperidine rings is 1. The van der Waals surface area contributed by atoms with E-state index in [1.807, 2.05) is 6.92 Å². The van der Waals surface area contributed by atoms with Gasteiger partial charge in [0, 0.05) is 17.2 Å². The van der Waals surface area contributed by atoms with E-state index in [1.165, 1.54) is 0 Å². The highest BCUT2D eigenvalue weighted by molar-refractivity contribution is 5.97. The molecule has 1 fully saturated rings. The number of benzene rings is 1. The molecule has 5 nitrogen and oxygen atoms in total. The lowest BCUT2D eigenvalue weighted by Crippen LogP contribution is -2.34. The predicted octanol–water partition coefficient (Wildman–Crippen LogP) is 1.45. The number of nitrogens with one attached hydrogen (secondary N) is 2. The van der Waals surface area contributed by atoms with Gasteiger partial charge in [-0.1, -0.05) is 6.07 Å². The number of hydrogen-bond acceptors (Lipinski definition) is 3. The summed E-state index contributed by atoms with van der Waals surface area (Å²) in [5.74, 6) is -0.421. The second kappa shape index (κ2) is 7.26. The first-order valence-electron chi connectivity index (χ1n) is 6.50. The Labute approximate surface area is 124 Å². The summed E-state index contributed by atoms with van der Waals surface area (Å²) in [6, 6.07) is 5.22. The first kappa shape index (κ1) is 16.5. The number of carbonyl (C=O) groups is 2. The van der Waals surface area contributed by atoms with Crippen molar-refractivity contribution in [1.82, 2.24) is 5.32 Å². The molecule has 1 heterocycles. The topological polar surface area (TPSA) is 84.2 Å². The van der Waals surface area contributed by atoms with E-state index in [4.69, 9.17) is 5.73 Å². The highest BCUT2D eigenvalue weighted by Gasteiger charge is 2.21. The van der Waals surface area contributed by atoms with Crippen LogP contribution in [0.4, 0.5) is 5.69 Å². The zero-order valence-electron chi connectivity index (χ0n) is 11.4. The van der Waals surface area contributed by atoms with Gasteiger partial charge in [-0.15, -0.1) is 12.4 Å². The van der Waals surface area contributed by atoms with E-state index in [9.17, 15) is 9.59 Å². The molecular formula is C14H20ClN3O2. The fourth-order valence-corrected chi connectivity index (χ4v) is 2.29. The normalized spacial score (nSPS) is 15.2. The van der Waals surface area contributed by atoms with Crippen LogP contribution >= 0.6 is 12.4 Å². The largest absolute Gasteiger partial charge is 0.366 e. The maximum atomic E-state index is 12.1.